The van der Waals surface area contributed by atoms with Crippen molar-refractivity contribution >= 4 is 11.3 Å². The maximum Gasteiger partial charge on any atom is 0.208 e. The molecule has 0 amide bonds. The summed E-state index contributed by atoms with van der Waals surface area (Å²) in [7, 11) is 0. The van der Waals surface area contributed by atoms with Crippen LogP contribution in [0.2, 0.25) is 0 Å². The van der Waals surface area contributed by atoms with E-state index < -0.39 is 0 Å². The van der Waals surface area contributed by atoms with Gasteiger partial charge in [0.15, 0.2) is 5.01 Å². The lowest BCUT2D eigenvalue weighted by Gasteiger charge is -1.82. The van der Waals surface area contributed by atoms with Crippen LogP contribution in [0.15, 0.2) is 24.2 Å². The maximum atomic E-state index is 4.01. The monoisotopic (exact) mass is 188 g/mol. The molecular formula is C8H4N4S. The fourth-order valence-electron chi connectivity index (χ4n) is 0.698. The first-order chi connectivity index (χ1) is 6.45. The van der Waals surface area contributed by atoms with Crippen LogP contribution in [0.5, 0.6) is 0 Å². The number of hydrogen-bond donors (Lipinski definition) is 0. The molecule has 0 spiro atoms. The third-order valence-electron chi connectivity index (χ3n) is 1.21. The topological polar surface area (TPSA) is 51.6 Å². The first-order valence-corrected chi connectivity index (χ1v) is 4.36. The van der Waals surface area contributed by atoms with Gasteiger partial charge in [-0.15, -0.1) is 11.3 Å². The molecule has 0 unspecified atom stereocenters. The third-order valence-corrected chi connectivity index (χ3v) is 1.90. The molecule has 2 heterocycles. The number of aromatic nitrogens is 4. The second kappa shape index (κ2) is 3.74. The highest BCUT2D eigenvalue weighted by Gasteiger charge is 1.88. The van der Waals surface area contributed by atoms with E-state index in [2.05, 4.69) is 31.8 Å². The van der Waals surface area contributed by atoms with E-state index >= 15 is 0 Å². The molecule has 0 N–H and O–H groups in total. The van der Waals surface area contributed by atoms with Gasteiger partial charge in [-0.2, -0.15) is 0 Å². The Bertz CT molecular complexity index is 426. The smallest absolute Gasteiger partial charge is 0.208 e. The van der Waals surface area contributed by atoms with Crippen molar-refractivity contribution in [2.75, 3.05) is 0 Å². The Hall–Kier alpha value is -1.80. The Morgan fingerprint density at radius 1 is 1.08 bits per heavy atom. The maximum absolute atomic E-state index is 4.01. The van der Waals surface area contributed by atoms with E-state index in [4.69, 9.17) is 0 Å². The summed E-state index contributed by atoms with van der Waals surface area (Å²) in [4.78, 5) is 15.4. The summed E-state index contributed by atoms with van der Waals surface area (Å²) in [6.45, 7) is 0. The van der Waals surface area contributed by atoms with Crippen molar-refractivity contribution in [1.82, 2.24) is 19.9 Å². The summed E-state index contributed by atoms with van der Waals surface area (Å²) in [5.74, 6) is 6.09. The predicted molar refractivity (Wildman–Crippen MR) is 47.9 cm³/mol. The van der Waals surface area contributed by atoms with Gasteiger partial charge in [-0.25, -0.2) is 19.9 Å². The summed E-state index contributed by atoms with van der Waals surface area (Å²) in [5, 5.41) is 2.64. The Morgan fingerprint density at radius 3 is 2.62 bits per heavy atom. The summed E-state index contributed by atoms with van der Waals surface area (Å²) in [6, 6.07) is 0. The molecule has 0 aliphatic heterocycles. The van der Waals surface area contributed by atoms with Crippen molar-refractivity contribution in [3.8, 4) is 11.8 Å². The average Bonchev–Trinajstić information content (AvgIpc) is 2.69. The fraction of sp³-hybridized carbons (Fsp3) is 0. The molecule has 2 rings (SSSR count). The van der Waals surface area contributed by atoms with Crippen molar-refractivity contribution in [3.05, 3.63) is 35.1 Å². The van der Waals surface area contributed by atoms with Crippen LogP contribution >= 0.6 is 11.3 Å². The van der Waals surface area contributed by atoms with E-state index in [9.17, 15) is 0 Å². The van der Waals surface area contributed by atoms with Gasteiger partial charge >= 0.3 is 0 Å². The van der Waals surface area contributed by atoms with Crippen molar-refractivity contribution < 1.29 is 0 Å². The van der Waals surface area contributed by atoms with E-state index in [0.717, 1.165) is 5.01 Å². The van der Waals surface area contributed by atoms with Gasteiger partial charge in [-0.05, 0) is 11.8 Å². The molecule has 2 aromatic rings. The molecule has 4 nitrogen and oxygen atoms in total. The van der Waals surface area contributed by atoms with E-state index in [0.29, 0.717) is 5.82 Å². The molecule has 0 atom stereocenters. The zero-order valence-corrected chi connectivity index (χ0v) is 7.32. The van der Waals surface area contributed by atoms with Crippen molar-refractivity contribution in [2.24, 2.45) is 0 Å². The lowest BCUT2D eigenvalue weighted by Crippen LogP contribution is -1.87. The summed E-state index contributed by atoms with van der Waals surface area (Å²) in [6.07, 6.45) is 4.54. The molecular weight excluding hydrogens is 184 g/mol. The summed E-state index contributed by atoms with van der Waals surface area (Å²) in [5.41, 5.74) is 0. The van der Waals surface area contributed by atoms with E-state index in [1.54, 1.807) is 6.20 Å². The number of hydrogen-bond acceptors (Lipinski definition) is 5. The largest absolute Gasteiger partial charge is 0.236 e. The van der Waals surface area contributed by atoms with Crippen LogP contribution in [-0.2, 0) is 0 Å². The highest BCUT2D eigenvalue weighted by Crippen LogP contribution is 2.00. The molecule has 0 saturated heterocycles. The van der Waals surface area contributed by atoms with Crippen molar-refractivity contribution in [1.29, 1.82) is 0 Å². The Morgan fingerprint density at radius 2 is 1.92 bits per heavy atom. The SMILES string of the molecule is C(#Cc1nccs1)c1ncncn1. The van der Waals surface area contributed by atoms with Gasteiger partial charge in [-0.3, -0.25) is 0 Å². The minimum absolute atomic E-state index is 0.463. The summed E-state index contributed by atoms with van der Waals surface area (Å²) >= 11 is 1.49. The van der Waals surface area contributed by atoms with Crippen LogP contribution in [0.1, 0.15) is 10.8 Å². The van der Waals surface area contributed by atoms with Crippen LogP contribution < -0.4 is 0 Å². The Kier molecular flexibility index (Phi) is 2.25. The number of thiazole rings is 1. The molecule has 0 saturated carbocycles. The lowest BCUT2D eigenvalue weighted by molar-refractivity contribution is 1.02. The second-order valence-electron chi connectivity index (χ2n) is 2.05. The van der Waals surface area contributed by atoms with E-state index in [1.165, 1.54) is 24.0 Å². The molecule has 62 valence electrons. The van der Waals surface area contributed by atoms with Gasteiger partial charge < -0.3 is 0 Å². The zero-order chi connectivity index (χ0) is 8.93. The van der Waals surface area contributed by atoms with E-state index in [-0.39, 0.29) is 0 Å². The van der Waals surface area contributed by atoms with Gasteiger partial charge in [0.05, 0.1) is 0 Å². The van der Waals surface area contributed by atoms with Gasteiger partial charge in [-0.1, -0.05) is 0 Å². The molecule has 0 bridgehead atoms. The molecule has 5 heteroatoms. The first-order valence-electron chi connectivity index (χ1n) is 3.48. The number of rotatable bonds is 0. The quantitative estimate of drug-likeness (QED) is 0.572. The van der Waals surface area contributed by atoms with Crippen molar-refractivity contribution in [2.45, 2.75) is 0 Å². The molecule has 0 radical (unpaired) electrons. The van der Waals surface area contributed by atoms with Crippen LogP contribution in [0.3, 0.4) is 0 Å². The van der Waals surface area contributed by atoms with Crippen LogP contribution in [0.4, 0.5) is 0 Å². The van der Waals surface area contributed by atoms with Gasteiger partial charge in [0.25, 0.3) is 0 Å². The molecule has 13 heavy (non-hydrogen) atoms. The van der Waals surface area contributed by atoms with Crippen LogP contribution in [0.25, 0.3) is 0 Å². The van der Waals surface area contributed by atoms with Crippen LogP contribution in [0, 0.1) is 11.8 Å². The minimum Gasteiger partial charge on any atom is -0.236 e. The van der Waals surface area contributed by atoms with Gasteiger partial charge in [0.2, 0.25) is 5.82 Å². The molecule has 0 fully saturated rings. The normalized spacial score (nSPS) is 8.92. The average molecular weight is 188 g/mol. The second-order valence-corrected chi connectivity index (χ2v) is 2.94. The highest BCUT2D eigenvalue weighted by atomic mass is 32.1. The predicted octanol–water partition coefficient (Wildman–Crippen LogP) is 0.728. The van der Waals surface area contributed by atoms with Gasteiger partial charge in [0.1, 0.15) is 12.7 Å². The lowest BCUT2D eigenvalue weighted by atomic mass is 10.5. The van der Waals surface area contributed by atoms with Crippen molar-refractivity contribution in [3.63, 3.8) is 0 Å². The number of nitrogens with zero attached hydrogens (tertiary/aromatic N) is 4. The molecule has 2 aromatic heterocycles. The molecule has 0 aliphatic carbocycles. The summed E-state index contributed by atoms with van der Waals surface area (Å²) < 4.78 is 0. The minimum atomic E-state index is 0.463. The fourth-order valence-corrected chi connectivity index (χ4v) is 1.18. The third kappa shape index (κ3) is 2.07. The standard InChI is InChI=1S/C8H4N4S/c1(2-8-10-3-4-13-8)7-11-5-9-6-12-7/h3-6H. The van der Waals surface area contributed by atoms with E-state index in [1.807, 2.05) is 5.38 Å². The zero-order valence-electron chi connectivity index (χ0n) is 6.51. The first kappa shape index (κ1) is 7.83. The highest BCUT2D eigenvalue weighted by molar-refractivity contribution is 7.10. The van der Waals surface area contributed by atoms with Crippen LogP contribution in [-0.4, -0.2) is 19.9 Å². The molecule has 0 aliphatic rings. The molecule has 0 aromatic carbocycles. The van der Waals surface area contributed by atoms with Gasteiger partial charge in [0, 0.05) is 11.6 Å². The Labute approximate surface area is 78.7 Å². The Balaban J connectivity index is 2.23.